The molecule has 1 fully saturated rings. The smallest absolute Gasteiger partial charge is 0.324 e. The number of aromatic nitrogens is 2. The first-order chi connectivity index (χ1) is 8.86. The van der Waals surface area contributed by atoms with E-state index in [1.165, 1.54) is 6.33 Å². The van der Waals surface area contributed by atoms with Gasteiger partial charge in [0.15, 0.2) is 5.03 Å². The molecule has 2 rings (SSSR count). The van der Waals surface area contributed by atoms with E-state index in [2.05, 4.69) is 14.7 Å². The molecular formula is C11H17N3O4S. The van der Waals surface area contributed by atoms with E-state index in [0.717, 1.165) is 12.6 Å². The standard InChI is InChI=1S/C11H17N3O4S/c1-8-3-2-4-11(5-8,10(15)16)14-19(17,18)9-6-12-7-13-9/h6-8,14H,2-5H2,1H3,(H,12,13)(H,15,16). The quantitative estimate of drug-likeness (QED) is 0.755. The molecule has 2 unspecified atom stereocenters. The summed E-state index contributed by atoms with van der Waals surface area (Å²) in [6.45, 7) is 1.93. The summed E-state index contributed by atoms with van der Waals surface area (Å²) in [5.74, 6) is -0.948. The van der Waals surface area contributed by atoms with Crippen molar-refractivity contribution in [1.29, 1.82) is 0 Å². The van der Waals surface area contributed by atoms with E-state index in [1.807, 2.05) is 6.92 Å². The maximum Gasteiger partial charge on any atom is 0.324 e. The summed E-state index contributed by atoms with van der Waals surface area (Å²) in [6, 6.07) is 0. The maximum atomic E-state index is 12.1. The molecule has 1 aliphatic rings. The van der Waals surface area contributed by atoms with Gasteiger partial charge in [0.05, 0.1) is 12.5 Å². The predicted octanol–water partition coefficient (Wildman–Crippen LogP) is 0.721. The third kappa shape index (κ3) is 2.79. The lowest BCUT2D eigenvalue weighted by atomic mass is 9.77. The number of nitrogens with one attached hydrogen (secondary N) is 2. The number of hydrogen-bond donors (Lipinski definition) is 3. The molecule has 0 radical (unpaired) electrons. The topological polar surface area (TPSA) is 112 Å². The SMILES string of the molecule is CC1CCCC(NS(=O)(=O)c2cnc[nH]2)(C(=O)O)C1. The molecule has 0 aromatic carbocycles. The van der Waals surface area contributed by atoms with Gasteiger partial charge in [-0.3, -0.25) is 4.79 Å². The number of imidazole rings is 1. The minimum atomic E-state index is -3.89. The highest BCUT2D eigenvalue weighted by molar-refractivity contribution is 7.89. The normalized spacial score (nSPS) is 28.2. The van der Waals surface area contributed by atoms with Crippen LogP contribution in [0.5, 0.6) is 0 Å². The Balaban J connectivity index is 2.29. The van der Waals surface area contributed by atoms with Gasteiger partial charge in [-0.25, -0.2) is 13.4 Å². The molecular weight excluding hydrogens is 270 g/mol. The van der Waals surface area contributed by atoms with Crippen LogP contribution in [-0.4, -0.2) is 35.0 Å². The van der Waals surface area contributed by atoms with Gasteiger partial charge < -0.3 is 10.1 Å². The van der Waals surface area contributed by atoms with E-state index in [1.54, 1.807) is 0 Å². The van der Waals surface area contributed by atoms with Gasteiger partial charge in [0.2, 0.25) is 0 Å². The van der Waals surface area contributed by atoms with Crippen LogP contribution in [0, 0.1) is 5.92 Å². The van der Waals surface area contributed by atoms with E-state index >= 15 is 0 Å². The summed E-state index contributed by atoms with van der Waals surface area (Å²) in [4.78, 5) is 17.6. The van der Waals surface area contributed by atoms with Crippen LogP contribution >= 0.6 is 0 Å². The second kappa shape index (κ2) is 4.93. The van der Waals surface area contributed by atoms with E-state index in [0.29, 0.717) is 19.3 Å². The summed E-state index contributed by atoms with van der Waals surface area (Å²) in [6.07, 6.45) is 4.62. The Bertz CT molecular complexity index is 555. The number of aromatic amines is 1. The second-order valence-electron chi connectivity index (χ2n) is 5.11. The zero-order valence-electron chi connectivity index (χ0n) is 10.6. The zero-order chi connectivity index (χ0) is 14.1. The lowest BCUT2D eigenvalue weighted by Crippen LogP contribution is -2.56. The third-order valence-electron chi connectivity index (χ3n) is 3.50. The van der Waals surface area contributed by atoms with Crippen LogP contribution in [0.3, 0.4) is 0 Å². The molecule has 106 valence electrons. The van der Waals surface area contributed by atoms with E-state index in [9.17, 15) is 18.3 Å². The molecule has 0 bridgehead atoms. The number of carboxylic acid groups (broad SMARTS) is 1. The maximum absolute atomic E-state index is 12.1. The Hall–Kier alpha value is -1.41. The van der Waals surface area contributed by atoms with Crippen LogP contribution < -0.4 is 4.72 Å². The molecule has 0 amide bonds. The van der Waals surface area contributed by atoms with Gasteiger partial charge in [0.1, 0.15) is 5.54 Å². The first kappa shape index (κ1) is 14.0. The number of carbonyl (C=O) groups is 1. The molecule has 19 heavy (non-hydrogen) atoms. The number of rotatable bonds is 4. The molecule has 1 aromatic heterocycles. The molecule has 0 spiro atoms. The minimum Gasteiger partial charge on any atom is -0.480 e. The van der Waals surface area contributed by atoms with Gasteiger partial charge in [-0.15, -0.1) is 0 Å². The van der Waals surface area contributed by atoms with Crippen molar-refractivity contribution in [2.75, 3.05) is 0 Å². The summed E-state index contributed by atoms with van der Waals surface area (Å²) in [7, 11) is -3.89. The molecule has 2 atom stereocenters. The summed E-state index contributed by atoms with van der Waals surface area (Å²) >= 11 is 0. The largest absolute Gasteiger partial charge is 0.480 e. The summed E-state index contributed by atoms with van der Waals surface area (Å²) < 4.78 is 26.6. The average Bonchev–Trinajstić information content (AvgIpc) is 2.82. The first-order valence-electron chi connectivity index (χ1n) is 6.11. The number of H-pyrrole nitrogens is 1. The van der Waals surface area contributed by atoms with Crippen molar-refractivity contribution >= 4 is 16.0 Å². The monoisotopic (exact) mass is 287 g/mol. The van der Waals surface area contributed by atoms with E-state index in [-0.39, 0.29) is 10.9 Å². The van der Waals surface area contributed by atoms with Crippen LogP contribution in [0.25, 0.3) is 0 Å². The molecule has 1 aromatic rings. The summed E-state index contributed by atoms with van der Waals surface area (Å²) in [5, 5.41) is 9.30. The molecule has 1 heterocycles. The number of nitrogens with zero attached hydrogens (tertiary/aromatic N) is 1. The molecule has 7 nitrogen and oxygen atoms in total. The van der Waals surface area contributed by atoms with Crippen LogP contribution in [0.1, 0.15) is 32.6 Å². The Kier molecular flexibility index (Phi) is 3.64. The highest BCUT2D eigenvalue weighted by Gasteiger charge is 2.45. The Morgan fingerprint density at radius 1 is 1.63 bits per heavy atom. The molecule has 8 heteroatoms. The lowest BCUT2D eigenvalue weighted by Gasteiger charge is -2.36. The number of hydrogen-bond acceptors (Lipinski definition) is 4. The van der Waals surface area contributed by atoms with Crippen molar-refractivity contribution in [2.45, 2.75) is 43.2 Å². The van der Waals surface area contributed by atoms with Gasteiger partial charge in [0.25, 0.3) is 10.0 Å². The summed E-state index contributed by atoms with van der Waals surface area (Å²) in [5.41, 5.74) is -1.42. The number of sulfonamides is 1. The van der Waals surface area contributed by atoms with Gasteiger partial charge in [-0.1, -0.05) is 19.8 Å². The van der Waals surface area contributed by atoms with E-state index in [4.69, 9.17) is 0 Å². The van der Waals surface area contributed by atoms with Gasteiger partial charge >= 0.3 is 5.97 Å². The number of carboxylic acids is 1. The van der Waals surface area contributed by atoms with Gasteiger partial charge in [-0.05, 0) is 18.8 Å². The highest BCUT2D eigenvalue weighted by atomic mass is 32.2. The van der Waals surface area contributed by atoms with Crippen molar-refractivity contribution in [3.05, 3.63) is 12.5 Å². The molecule has 0 aliphatic heterocycles. The van der Waals surface area contributed by atoms with Crippen molar-refractivity contribution in [3.8, 4) is 0 Å². The predicted molar refractivity (Wildman–Crippen MR) is 66.9 cm³/mol. The molecule has 0 saturated heterocycles. The minimum absolute atomic E-state index is 0.119. The Morgan fingerprint density at radius 2 is 2.37 bits per heavy atom. The fraction of sp³-hybridized carbons (Fsp3) is 0.636. The van der Waals surface area contributed by atoms with E-state index < -0.39 is 21.5 Å². The Morgan fingerprint density at radius 3 is 2.89 bits per heavy atom. The van der Waals surface area contributed by atoms with Gasteiger partial charge in [0, 0.05) is 0 Å². The average molecular weight is 287 g/mol. The highest BCUT2D eigenvalue weighted by Crippen LogP contribution is 2.33. The fourth-order valence-electron chi connectivity index (χ4n) is 2.58. The zero-order valence-corrected chi connectivity index (χ0v) is 11.4. The van der Waals surface area contributed by atoms with Crippen molar-refractivity contribution in [2.24, 2.45) is 5.92 Å². The Labute approximate surface area is 111 Å². The fourth-order valence-corrected chi connectivity index (χ4v) is 3.89. The van der Waals surface area contributed by atoms with Crippen LogP contribution in [0.2, 0.25) is 0 Å². The van der Waals surface area contributed by atoms with Crippen molar-refractivity contribution < 1.29 is 18.3 Å². The van der Waals surface area contributed by atoms with Crippen molar-refractivity contribution in [1.82, 2.24) is 14.7 Å². The molecule has 3 N–H and O–H groups in total. The molecule has 1 aliphatic carbocycles. The van der Waals surface area contributed by atoms with Crippen molar-refractivity contribution in [3.63, 3.8) is 0 Å². The lowest BCUT2D eigenvalue weighted by molar-refractivity contribution is -0.146. The number of aliphatic carboxylic acids is 1. The third-order valence-corrected chi connectivity index (χ3v) is 4.96. The van der Waals surface area contributed by atoms with Crippen LogP contribution in [0.4, 0.5) is 0 Å². The first-order valence-corrected chi connectivity index (χ1v) is 7.60. The van der Waals surface area contributed by atoms with Crippen LogP contribution in [0.15, 0.2) is 17.6 Å². The second-order valence-corrected chi connectivity index (χ2v) is 6.76. The van der Waals surface area contributed by atoms with Gasteiger partial charge in [-0.2, -0.15) is 4.72 Å². The molecule has 1 saturated carbocycles. The van der Waals surface area contributed by atoms with Crippen LogP contribution in [-0.2, 0) is 14.8 Å².